The van der Waals surface area contributed by atoms with Crippen LogP contribution >= 0.6 is 0 Å². The second-order valence-corrected chi connectivity index (χ2v) is 9.93. The van der Waals surface area contributed by atoms with Gasteiger partial charge in [0, 0.05) is 6.42 Å². The first-order valence-corrected chi connectivity index (χ1v) is 13.1. The molecule has 2 N–H and O–H groups in total. The first-order chi connectivity index (χ1) is 18.9. The van der Waals surface area contributed by atoms with Crippen LogP contribution in [-0.2, 0) is 22.6 Å². The van der Waals surface area contributed by atoms with Crippen molar-refractivity contribution < 1.29 is 28.9 Å². The van der Waals surface area contributed by atoms with Gasteiger partial charge >= 0.3 is 6.09 Å². The van der Waals surface area contributed by atoms with Crippen molar-refractivity contribution in [3.05, 3.63) is 95.1 Å². The Morgan fingerprint density at radius 1 is 0.974 bits per heavy atom. The number of fused-ring (bicyclic) bond motifs is 1. The molecule has 1 heterocycles. The van der Waals surface area contributed by atoms with Gasteiger partial charge in [-0.1, -0.05) is 74.5 Å². The van der Waals surface area contributed by atoms with E-state index in [1.54, 1.807) is 14.2 Å². The zero-order valence-electron chi connectivity index (χ0n) is 22.8. The fraction of sp³-hybridized carbons (Fsp3) is 0.355. The summed E-state index contributed by atoms with van der Waals surface area (Å²) >= 11 is 0. The van der Waals surface area contributed by atoms with Crippen LogP contribution in [0.1, 0.15) is 42.1 Å². The number of amides is 2. The van der Waals surface area contributed by atoms with Crippen LogP contribution in [0.15, 0.2) is 72.8 Å². The molecular weight excluding hydrogens is 496 g/mol. The summed E-state index contributed by atoms with van der Waals surface area (Å²) < 4.78 is 16.9. The number of carbonyl (C=O) groups excluding carboxylic acids is 2. The van der Waals surface area contributed by atoms with Gasteiger partial charge in [-0.3, -0.25) is 9.69 Å². The van der Waals surface area contributed by atoms with Crippen LogP contribution in [-0.4, -0.2) is 54.9 Å². The second kappa shape index (κ2) is 12.7. The molecule has 0 aromatic heterocycles. The number of hydrogen-bond acceptors (Lipinski definition) is 6. The maximum atomic E-state index is 13.9. The van der Waals surface area contributed by atoms with E-state index in [9.17, 15) is 14.7 Å². The lowest BCUT2D eigenvalue weighted by molar-refractivity contribution is -0.128. The van der Waals surface area contributed by atoms with E-state index in [4.69, 9.17) is 14.2 Å². The molecule has 0 saturated carbocycles. The molecule has 39 heavy (non-hydrogen) atoms. The predicted octanol–water partition coefficient (Wildman–Crippen LogP) is 4.49. The monoisotopic (exact) mass is 532 g/mol. The molecule has 1 aliphatic rings. The molecule has 4 rings (SSSR count). The number of benzene rings is 3. The van der Waals surface area contributed by atoms with Crippen molar-refractivity contribution >= 4 is 12.0 Å². The van der Waals surface area contributed by atoms with Gasteiger partial charge in [0.25, 0.3) is 0 Å². The highest BCUT2D eigenvalue weighted by Gasteiger charge is 2.44. The minimum atomic E-state index is -0.892. The minimum Gasteiger partial charge on any atom is -0.493 e. The van der Waals surface area contributed by atoms with Crippen molar-refractivity contribution in [2.75, 3.05) is 20.8 Å². The minimum absolute atomic E-state index is 0.00239. The zero-order valence-corrected chi connectivity index (χ0v) is 22.8. The summed E-state index contributed by atoms with van der Waals surface area (Å²) in [4.78, 5) is 29.2. The molecule has 0 bridgehead atoms. The van der Waals surface area contributed by atoms with E-state index in [2.05, 4.69) is 5.32 Å². The number of nitrogens with zero attached hydrogens (tertiary/aromatic N) is 1. The highest BCUT2D eigenvalue weighted by Crippen LogP contribution is 2.43. The molecule has 3 aromatic carbocycles. The average molecular weight is 533 g/mol. The summed E-state index contributed by atoms with van der Waals surface area (Å²) in [5.41, 5.74) is 3.34. The molecule has 0 aliphatic carbocycles. The van der Waals surface area contributed by atoms with Crippen LogP contribution in [0.4, 0.5) is 4.79 Å². The Morgan fingerprint density at radius 3 is 2.18 bits per heavy atom. The van der Waals surface area contributed by atoms with Gasteiger partial charge in [-0.2, -0.15) is 0 Å². The molecule has 2 amide bonds. The number of methoxy groups -OCH3 is 2. The lowest BCUT2D eigenvalue weighted by atomic mass is 9.84. The number of carbonyl (C=O) groups is 2. The Balaban J connectivity index is 1.82. The summed E-state index contributed by atoms with van der Waals surface area (Å²) in [6, 6.07) is 20.7. The Morgan fingerprint density at radius 2 is 1.59 bits per heavy atom. The molecule has 0 radical (unpaired) electrons. The molecule has 0 spiro atoms. The summed E-state index contributed by atoms with van der Waals surface area (Å²) in [6.07, 6.45) is -0.375. The molecule has 0 fully saturated rings. The third-order valence-corrected chi connectivity index (χ3v) is 7.13. The van der Waals surface area contributed by atoms with E-state index in [-0.39, 0.29) is 31.5 Å². The van der Waals surface area contributed by atoms with Crippen molar-refractivity contribution in [1.29, 1.82) is 0 Å². The molecule has 8 nitrogen and oxygen atoms in total. The molecule has 1 aliphatic heterocycles. The van der Waals surface area contributed by atoms with Crippen molar-refractivity contribution in [3.8, 4) is 11.5 Å². The summed E-state index contributed by atoms with van der Waals surface area (Å²) in [6.45, 7) is 3.70. The van der Waals surface area contributed by atoms with Crippen LogP contribution < -0.4 is 14.8 Å². The normalized spacial score (nSPS) is 17.2. The van der Waals surface area contributed by atoms with Gasteiger partial charge in [0.1, 0.15) is 12.6 Å². The van der Waals surface area contributed by atoms with Crippen molar-refractivity contribution in [2.24, 2.45) is 5.92 Å². The van der Waals surface area contributed by atoms with Crippen molar-refractivity contribution in [1.82, 2.24) is 10.2 Å². The third-order valence-electron chi connectivity index (χ3n) is 7.13. The second-order valence-electron chi connectivity index (χ2n) is 9.93. The van der Waals surface area contributed by atoms with Crippen molar-refractivity contribution in [2.45, 2.75) is 45.0 Å². The van der Waals surface area contributed by atoms with Gasteiger partial charge in [0.2, 0.25) is 5.91 Å². The molecular formula is C31H36N2O6. The van der Waals surface area contributed by atoms with Gasteiger partial charge < -0.3 is 24.6 Å². The van der Waals surface area contributed by atoms with E-state index in [0.717, 1.165) is 22.3 Å². The highest BCUT2D eigenvalue weighted by molar-refractivity contribution is 5.87. The molecule has 3 atom stereocenters. The molecule has 8 heteroatoms. The SMILES string of the molecule is COc1cc2c(cc1OC)[C@@H](c1ccccc1)N(C(=O)OCc1ccccc1)[C@H](C(=O)N[C@@H](CO)C(C)C)C2. The maximum Gasteiger partial charge on any atom is 0.411 e. The number of nitrogens with one attached hydrogen (secondary N) is 1. The summed E-state index contributed by atoms with van der Waals surface area (Å²) in [5.74, 6) is 0.707. The maximum absolute atomic E-state index is 13.9. The molecule has 3 aromatic rings. The average Bonchev–Trinajstić information content (AvgIpc) is 2.97. The van der Waals surface area contributed by atoms with Crippen LogP contribution in [0.3, 0.4) is 0 Å². The van der Waals surface area contributed by atoms with Gasteiger partial charge in [0.15, 0.2) is 11.5 Å². The standard InChI is InChI=1S/C31H36N2O6/c1-20(2)25(18-34)32-30(35)26-15-23-16-27(37-3)28(38-4)17-24(23)29(22-13-9-6-10-14-22)33(26)31(36)39-19-21-11-7-5-8-12-21/h5-14,16-17,20,25-26,29,34H,15,18-19H2,1-4H3,(H,32,35)/t25-,26-,29+/m0/s1. The lowest BCUT2D eigenvalue weighted by Gasteiger charge is -2.42. The van der Waals surface area contributed by atoms with Gasteiger partial charge in [0.05, 0.1) is 32.9 Å². The number of rotatable bonds is 9. The van der Waals surface area contributed by atoms with Gasteiger partial charge in [-0.25, -0.2) is 4.79 Å². The third kappa shape index (κ3) is 6.17. The number of aliphatic hydroxyl groups is 1. The van der Waals surface area contributed by atoms with Gasteiger partial charge in [-0.15, -0.1) is 0 Å². The van der Waals surface area contributed by atoms with Crippen LogP contribution in [0.5, 0.6) is 11.5 Å². The Labute approximate surface area is 229 Å². The van der Waals surface area contributed by atoms with E-state index in [0.29, 0.717) is 11.5 Å². The number of ether oxygens (including phenoxy) is 3. The molecule has 0 saturated heterocycles. The van der Waals surface area contributed by atoms with Crippen LogP contribution in [0.25, 0.3) is 0 Å². The Hall–Kier alpha value is -4.04. The Bertz CT molecular complexity index is 1260. The van der Waals surface area contributed by atoms with Crippen LogP contribution in [0, 0.1) is 5.92 Å². The fourth-order valence-corrected chi connectivity index (χ4v) is 4.93. The van der Waals surface area contributed by atoms with Gasteiger partial charge in [-0.05, 0) is 40.3 Å². The predicted molar refractivity (Wildman–Crippen MR) is 148 cm³/mol. The molecule has 206 valence electrons. The first kappa shape index (κ1) is 28.0. The quantitative estimate of drug-likeness (QED) is 0.422. The lowest BCUT2D eigenvalue weighted by Crippen LogP contribution is -2.57. The van der Waals surface area contributed by atoms with E-state index >= 15 is 0 Å². The van der Waals surface area contributed by atoms with Crippen molar-refractivity contribution in [3.63, 3.8) is 0 Å². The van der Waals surface area contributed by atoms with E-state index in [1.807, 2.05) is 86.6 Å². The topological polar surface area (TPSA) is 97.3 Å². The molecule has 0 unspecified atom stereocenters. The smallest absolute Gasteiger partial charge is 0.411 e. The number of aliphatic hydroxyl groups excluding tert-OH is 1. The Kier molecular flexibility index (Phi) is 9.09. The summed E-state index contributed by atoms with van der Waals surface area (Å²) in [5, 5.41) is 12.8. The summed E-state index contributed by atoms with van der Waals surface area (Å²) in [7, 11) is 3.13. The van der Waals surface area contributed by atoms with E-state index < -0.39 is 24.2 Å². The highest BCUT2D eigenvalue weighted by atomic mass is 16.6. The van der Waals surface area contributed by atoms with Crippen LogP contribution in [0.2, 0.25) is 0 Å². The largest absolute Gasteiger partial charge is 0.493 e. The zero-order chi connectivity index (χ0) is 27.9. The number of hydrogen-bond donors (Lipinski definition) is 2. The fourth-order valence-electron chi connectivity index (χ4n) is 4.93. The van der Waals surface area contributed by atoms with E-state index in [1.165, 1.54) is 4.90 Å². The first-order valence-electron chi connectivity index (χ1n) is 13.1.